The van der Waals surface area contributed by atoms with Gasteiger partial charge < -0.3 is 14.2 Å². The van der Waals surface area contributed by atoms with Gasteiger partial charge in [-0.15, -0.1) is 0 Å². The van der Waals surface area contributed by atoms with Gasteiger partial charge in [0.2, 0.25) is 0 Å². The molecule has 0 spiro atoms. The first kappa shape index (κ1) is 13.1. The number of rotatable bonds is 3. The van der Waals surface area contributed by atoms with E-state index in [1.165, 1.54) is 7.11 Å². The molecule has 1 heterocycles. The van der Waals surface area contributed by atoms with E-state index >= 15 is 0 Å². The average molecular weight is 250 g/mol. The second-order valence-corrected chi connectivity index (χ2v) is 4.38. The summed E-state index contributed by atoms with van der Waals surface area (Å²) in [5, 5.41) is 0. The molecule has 0 amide bonds. The van der Waals surface area contributed by atoms with Crippen molar-refractivity contribution in [1.29, 1.82) is 0 Å². The van der Waals surface area contributed by atoms with Gasteiger partial charge in [0.05, 0.1) is 25.7 Å². The van der Waals surface area contributed by atoms with Gasteiger partial charge in [0.25, 0.3) is 0 Å². The molecule has 2 rings (SSSR count). The molecule has 0 saturated carbocycles. The zero-order valence-electron chi connectivity index (χ0n) is 10.9. The third-order valence-electron chi connectivity index (χ3n) is 3.31. The van der Waals surface area contributed by atoms with Crippen molar-refractivity contribution < 1.29 is 19.0 Å². The van der Waals surface area contributed by atoms with Crippen LogP contribution in [-0.2, 0) is 19.0 Å². The van der Waals surface area contributed by atoms with Crippen LogP contribution < -0.4 is 0 Å². The molecule has 0 N–H and O–H groups in total. The molecule has 0 fully saturated rings. The first-order valence-electron chi connectivity index (χ1n) is 6.01. The van der Waals surface area contributed by atoms with Crippen LogP contribution in [0, 0.1) is 0 Å². The van der Waals surface area contributed by atoms with Crippen LogP contribution in [0.1, 0.15) is 36.7 Å². The van der Waals surface area contributed by atoms with Crippen molar-refractivity contribution >= 4 is 5.97 Å². The van der Waals surface area contributed by atoms with Crippen LogP contribution in [0.5, 0.6) is 0 Å². The lowest BCUT2D eigenvalue weighted by Crippen LogP contribution is -2.33. The van der Waals surface area contributed by atoms with Gasteiger partial charge in [-0.05, 0) is 18.1 Å². The Labute approximate surface area is 107 Å². The van der Waals surface area contributed by atoms with E-state index in [4.69, 9.17) is 14.2 Å². The predicted octanol–water partition coefficient (Wildman–Crippen LogP) is 2.40. The summed E-state index contributed by atoms with van der Waals surface area (Å²) in [4.78, 5) is 11.4. The zero-order chi connectivity index (χ0) is 13.1. The molecule has 0 saturated heterocycles. The highest BCUT2D eigenvalue weighted by molar-refractivity contribution is 5.70. The summed E-state index contributed by atoms with van der Waals surface area (Å²) in [5.41, 5.74) is 2.21. The maximum atomic E-state index is 11.4. The van der Waals surface area contributed by atoms with Crippen LogP contribution in [0.15, 0.2) is 24.3 Å². The minimum Gasteiger partial charge on any atom is -0.469 e. The van der Waals surface area contributed by atoms with Crippen molar-refractivity contribution in [2.75, 3.05) is 14.2 Å². The highest BCUT2D eigenvalue weighted by atomic mass is 16.6. The second kappa shape index (κ2) is 5.50. The lowest BCUT2D eigenvalue weighted by molar-refractivity contribution is -0.153. The Kier molecular flexibility index (Phi) is 3.99. The molecule has 98 valence electrons. The molecular weight excluding hydrogens is 232 g/mol. The summed E-state index contributed by atoms with van der Waals surface area (Å²) < 4.78 is 16.0. The van der Waals surface area contributed by atoms with Crippen molar-refractivity contribution in [2.45, 2.75) is 31.7 Å². The van der Waals surface area contributed by atoms with Crippen molar-refractivity contribution in [1.82, 2.24) is 0 Å². The summed E-state index contributed by atoms with van der Waals surface area (Å²) in [6.45, 7) is 1.98. The number of esters is 1. The molecule has 0 bridgehead atoms. The lowest BCUT2D eigenvalue weighted by atomic mass is 9.91. The molecule has 3 atom stereocenters. The third-order valence-corrected chi connectivity index (χ3v) is 3.31. The first-order chi connectivity index (χ1) is 8.67. The third kappa shape index (κ3) is 2.40. The molecule has 18 heavy (non-hydrogen) atoms. The van der Waals surface area contributed by atoms with E-state index in [9.17, 15) is 4.79 Å². The number of hydrogen-bond acceptors (Lipinski definition) is 4. The molecule has 4 heteroatoms. The van der Waals surface area contributed by atoms with Gasteiger partial charge in [-0.1, -0.05) is 24.3 Å². The van der Waals surface area contributed by atoms with E-state index in [0.717, 1.165) is 11.1 Å². The van der Waals surface area contributed by atoms with Crippen LogP contribution in [0.3, 0.4) is 0 Å². The largest absolute Gasteiger partial charge is 0.469 e. The Bertz CT molecular complexity index is 430. The molecule has 0 radical (unpaired) electrons. The van der Waals surface area contributed by atoms with Crippen molar-refractivity contribution in [2.24, 2.45) is 0 Å². The van der Waals surface area contributed by atoms with Crippen LogP contribution in [0.2, 0.25) is 0 Å². The highest BCUT2D eigenvalue weighted by Crippen LogP contribution is 2.39. The van der Waals surface area contributed by atoms with Crippen LogP contribution in [-0.4, -0.2) is 26.3 Å². The van der Waals surface area contributed by atoms with E-state index in [1.54, 1.807) is 7.11 Å². The summed E-state index contributed by atoms with van der Waals surface area (Å²) in [7, 11) is 3.01. The Hall–Kier alpha value is -1.39. The van der Waals surface area contributed by atoms with E-state index < -0.39 is 0 Å². The quantitative estimate of drug-likeness (QED) is 0.773. The van der Waals surface area contributed by atoms with E-state index in [-0.39, 0.29) is 30.7 Å². The fraction of sp³-hybridized carbons (Fsp3) is 0.500. The summed E-state index contributed by atoms with van der Waals surface area (Å²) in [5.74, 6) is -0.284. The Balaban J connectivity index is 2.28. The fourth-order valence-corrected chi connectivity index (χ4v) is 2.43. The molecule has 1 aromatic carbocycles. The Morgan fingerprint density at radius 3 is 2.56 bits per heavy atom. The van der Waals surface area contributed by atoms with Gasteiger partial charge >= 0.3 is 5.97 Å². The number of fused-ring (bicyclic) bond motifs is 1. The topological polar surface area (TPSA) is 44.8 Å². The standard InChI is InChI=1S/C14H18O4/c1-9-10-6-4-5-7-11(10)14(17-3)12(18-9)8-13(15)16-2/h4-7,9,12,14H,8H2,1-3H3/t9-,12-,14-/m1/s1. The van der Waals surface area contributed by atoms with Gasteiger partial charge in [0.15, 0.2) is 0 Å². The monoisotopic (exact) mass is 250 g/mol. The van der Waals surface area contributed by atoms with Gasteiger partial charge in [-0.3, -0.25) is 4.79 Å². The lowest BCUT2D eigenvalue weighted by Gasteiger charge is -2.35. The summed E-state index contributed by atoms with van der Waals surface area (Å²) >= 11 is 0. The number of benzene rings is 1. The van der Waals surface area contributed by atoms with Gasteiger partial charge in [-0.2, -0.15) is 0 Å². The maximum Gasteiger partial charge on any atom is 0.308 e. The normalized spacial score (nSPS) is 26.5. The molecular formula is C14H18O4. The Morgan fingerprint density at radius 2 is 1.94 bits per heavy atom. The first-order valence-corrected chi connectivity index (χ1v) is 6.01. The van der Waals surface area contributed by atoms with Crippen molar-refractivity contribution in [3.05, 3.63) is 35.4 Å². The minimum atomic E-state index is -0.299. The zero-order valence-corrected chi connectivity index (χ0v) is 10.9. The summed E-state index contributed by atoms with van der Waals surface area (Å²) in [6.07, 6.45) is -0.362. The van der Waals surface area contributed by atoms with Gasteiger partial charge in [0.1, 0.15) is 6.10 Å². The molecule has 1 aliphatic heterocycles. The Morgan fingerprint density at radius 1 is 1.28 bits per heavy atom. The number of ether oxygens (including phenoxy) is 3. The van der Waals surface area contributed by atoms with E-state index in [2.05, 4.69) is 0 Å². The van der Waals surface area contributed by atoms with Crippen LogP contribution in [0.25, 0.3) is 0 Å². The number of carbonyl (C=O) groups excluding carboxylic acids is 1. The molecule has 0 aliphatic carbocycles. The van der Waals surface area contributed by atoms with Crippen LogP contribution in [0.4, 0.5) is 0 Å². The predicted molar refractivity (Wildman–Crippen MR) is 66.1 cm³/mol. The van der Waals surface area contributed by atoms with Gasteiger partial charge in [0, 0.05) is 7.11 Å². The maximum absolute atomic E-state index is 11.4. The fourth-order valence-electron chi connectivity index (χ4n) is 2.43. The molecule has 0 aromatic heterocycles. The van der Waals surface area contributed by atoms with E-state index in [0.29, 0.717) is 0 Å². The van der Waals surface area contributed by atoms with Gasteiger partial charge in [-0.25, -0.2) is 0 Å². The van der Waals surface area contributed by atoms with Crippen molar-refractivity contribution in [3.8, 4) is 0 Å². The molecule has 4 nitrogen and oxygen atoms in total. The van der Waals surface area contributed by atoms with Crippen molar-refractivity contribution in [3.63, 3.8) is 0 Å². The smallest absolute Gasteiger partial charge is 0.308 e. The number of methoxy groups -OCH3 is 2. The highest BCUT2D eigenvalue weighted by Gasteiger charge is 2.35. The number of hydrogen-bond donors (Lipinski definition) is 0. The molecule has 0 unspecified atom stereocenters. The SMILES string of the molecule is COC(=O)C[C@H]1O[C@H](C)c2ccccc2[C@H]1OC. The number of carbonyl (C=O) groups is 1. The summed E-state index contributed by atoms with van der Waals surface area (Å²) in [6, 6.07) is 8.00. The van der Waals surface area contributed by atoms with E-state index in [1.807, 2.05) is 31.2 Å². The second-order valence-electron chi connectivity index (χ2n) is 4.38. The molecule has 1 aromatic rings. The van der Waals surface area contributed by atoms with Crippen LogP contribution >= 0.6 is 0 Å². The molecule has 1 aliphatic rings. The minimum absolute atomic E-state index is 0.0396. The average Bonchev–Trinajstić information content (AvgIpc) is 2.39.